The van der Waals surface area contributed by atoms with Crippen molar-refractivity contribution >= 4 is 17.2 Å². The zero-order valence-corrected chi connectivity index (χ0v) is 11.2. The molecule has 2 N–H and O–H groups in total. The van der Waals surface area contributed by atoms with Crippen molar-refractivity contribution in [3.8, 4) is 0 Å². The van der Waals surface area contributed by atoms with Gasteiger partial charge in [0.2, 0.25) is 0 Å². The molecule has 18 heavy (non-hydrogen) atoms. The maximum absolute atomic E-state index is 11.9. The molecule has 2 aromatic heterocycles. The highest BCUT2D eigenvalue weighted by molar-refractivity contribution is 7.10. The summed E-state index contributed by atoms with van der Waals surface area (Å²) < 4.78 is 0. The van der Waals surface area contributed by atoms with Crippen LogP contribution in [0.1, 0.15) is 34.1 Å². The van der Waals surface area contributed by atoms with Gasteiger partial charge < -0.3 is 5.32 Å². The van der Waals surface area contributed by atoms with E-state index in [9.17, 15) is 4.79 Å². The number of thiophene rings is 1. The van der Waals surface area contributed by atoms with Crippen LogP contribution in [0, 0.1) is 0 Å². The Morgan fingerprint density at radius 3 is 3.11 bits per heavy atom. The van der Waals surface area contributed by atoms with Crippen LogP contribution in [0.3, 0.4) is 0 Å². The first kappa shape index (κ1) is 12.8. The van der Waals surface area contributed by atoms with Gasteiger partial charge in [-0.15, -0.1) is 11.3 Å². The third-order valence-electron chi connectivity index (χ3n) is 2.67. The number of carbonyl (C=O) groups is 1. The first-order chi connectivity index (χ1) is 8.79. The lowest BCUT2D eigenvalue weighted by Gasteiger charge is -2.01. The molecule has 0 bridgehead atoms. The average molecular weight is 263 g/mol. The molecule has 0 saturated heterocycles. The molecule has 2 rings (SSSR count). The largest absolute Gasteiger partial charge is 0.352 e. The van der Waals surface area contributed by atoms with Crippen LogP contribution < -0.4 is 5.32 Å². The lowest BCUT2D eigenvalue weighted by molar-refractivity contribution is 0.0954. The molecule has 1 amide bonds. The second-order valence-corrected chi connectivity index (χ2v) is 5.16. The smallest absolute Gasteiger partial charge is 0.252 e. The van der Waals surface area contributed by atoms with Crippen LogP contribution >= 0.6 is 11.3 Å². The van der Waals surface area contributed by atoms with Gasteiger partial charge in [0.1, 0.15) is 0 Å². The van der Waals surface area contributed by atoms with Crippen LogP contribution in [-0.2, 0) is 12.8 Å². The molecule has 0 saturated carbocycles. The summed E-state index contributed by atoms with van der Waals surface area (Å²) in [6.07, 6.45) is 6.58. The minimum Gasteiger partial charge on any atom is -0.352 e. The molecule has 0 aliphatic carbocycles. The Hall–Kier alpha value is -1.62. The number of hydrogen-bond acceptors (Lipinski definition) is 3. The minimum atomic E-state index is 0.0112. The maximum Gasteiger partial charge on any atom is 0.252 e. The van der Waals surface area contributed by atoms with Gasteiger partial charge in [-0.05, 0) is 24.5 Å². The van der Waals surface area contributed by atoms with Gasteiger partial charge in [-0.25, -0.2) is 0 Å². The maximum atomic E-state index is 11.9. The van der Waals surface area contributed by atoms with Crippen molar-refractivity contribution in [3.63, 3.8) is 0 Å². The van der Waals surface area contributed by atoms with Gasteiger partial charge in [0.25, 0.3) is 5.91 Å². The Morgan fingerprint density at radius 1 is 1.50 bits per heavy atom. The van der Waals surface area contributed by atoms with Crippen LogP contribution in [0.15, 0.2) is 23.8 Å². The monoisotopic (exact) mass is 263 g/mol. The molecule has 0 atom stereocenters. The summed E-state index contributed by atoms with van der Waals surface area (Å²) in [5, 5.41) is 11.5. The molecular formula is C13H17N3OS. The summed E-state index contributed by atoms with van der Waals surface area (Å²) in [6.45, 7) is 2.78. The van der Waals surface area contributed by atoms with Crippen molar-refractivity contribution in [2.45, 2.75) is 26.2 Å². The lowest BCUT2D eigenvalue weighted by Crippen LogP contribution is -2.25. The van der Waals surface area contributed by atoms with E-state index in [0.29, 0.717) is 6.54 Å². The second-order valence-electron chi connectivity index (χ2n) is 4.16. The van der Waals surface area contributed by atoms with E-state index >= 15 is 0 Å². The van der Waals surface area contributed by atoms with Crippen LogP contribution in [0.25, 0.3) is 0 Å². The molecule has 0 aliphatic heterocycles. The quantitative estimate of drug-likeness (QED) is 0.840. The predicted molar refractivity (Wildman–Crippen MR) is 72.9 cm³/mol. The first-order valence-corrected chi connectivity index (χ1v) is 7.01. The fraction of sp³-hybridized carbons (Fsp3) is 0.385. The normalized spacial score (nSPS) is 10.5. The van der Waals surface area contributed by atoms with Crippen molar-refractivity contribution in [3.05, 3.63) is 39.8 Å². The average Bonchev–Trinajstić information content (AvgIpc) is 3.00. The van der Waals surface area contributed by atoms with Gasteiger partial charge in [-0.1, -0.05) is 13.3 Å². The number of nitrogens with zero attached hydrogens (tertiary/aromatic N) is 1. The standard InChI is InChI=1S/C13H17N3OS/c1-2-3-12-6-11(9-18-12)13(17)14-5-4-10-7-15-16-8-10/h6-9H,2-5H2,1H3,(H,14,17)(H,15,16). The summed E-state index contributed by atoms with van der Waals surface area (Å²) in [7, 11) is 0. The molecule has 0 radical (unpaired) electrons. The van der Waals surface area contributed by atoms with Crippen molar-refractivity contribution in [1.29, 1.82) is 0 Å². The number of nitrogens with one attached hydrogen (secondary N) is 2. The van der Waals surface area contributed by atoms with Crippen molar-refractivity contribution in [2.75, 3.05) is 6.54 Å². The third-order valence-corrected chi connectivity index (χ3v) is 3.66. The summed E-state index contributed by atoms with van der Waals surface area (Å²) >= 11 is 1.66. The first-order valence-electron chi connectivity index (χ1n) is 6.13. The van der Waals surface area contributed by atoms with Gasteiger partial charge >= 0.3 is 0 Å². The number of aromatic amines is 1. The number of rotatable bonds is 6. The summed E-state index contributed by atoms with van der Waals surface area (Å²) in [4.78, 5) is 13.1. The van der Waals surface area contributed by atoms with E-state index in [4.69, 9.17) is 0 Å². The lowest BCUT2D eigenvalue weighted by atomic mass is 10.2. The Morgan fingerprint density at radius 2 is 2.39 bits per heavy atom. The molecule has 0 unspecified atom stereocenters. The molecule has 0 fully saturated rings. The van der Waals surface area contributed by atoms with Crippen LogP contribution in [0.5, 0.6) is 0 Å². The molecule has 96 valence electrons. The summed E-state index contributed by atoms with van der Waals surface area (Å²) in [5.41, 5.74) is 1.88. The van der Waals surface area contributed by atoms with E-state index < -0.39 is 0 Å². The molecule has 2 heterocycles. The molecule has 5 heteroatoms. The number of H-pyrrole nitrogens is 1. The molecule has 2 aromatic rings. The number of aromatic nitrogens is 2. The van der Waals surface area contributed by atoms with Gasteiger partial charge in [0.15, 0.2) is 0 Å². The van der Waals surface area contributed by atoms with E-state index in [-0.39, 0.29) is 5.91 Å². The number of hydrogen-bond donors (Lipinski definition) is 2. The highest BCUT2D eigenvalue weighted by atomic mass is 32.1. The van der Waals surface area contributed by atoms with Gasteiger partial charge in [-0.3, -0.25) is 9.89 Å². The summed E-state index contributed by atoms with van der Waals surface area (Å²) in [5.74, 6) is 0.0112. The number of carbonyl (C=O) groups excluding carboxylic acids is 1. The highest BCUT2D eigenvalue weighted by Crippen LogP contribution is 2.16. The number of aryl methyl sites for hydroxylation is 1. The fourth-order valence-electron chi connectivity index (χ4n) is 1.71. The Balaban J connectivity index is 1.80. The molecule has 0 aromatic carbocycles. The third kappa shape index (κ3) is 3.43. The Kier molecular flexibility index (Phi) is 4.52. The van der Waals surface area contributed by atoms with Gasteiger partial charge in [0, 0.05) is 23.0 Å². The van der Waals surface area contributed by atoms with Gasteiger partial charge in [0.05, 0.1) is 11.8 Å². The molecule has 0 spiro atoms. The van der Waals surface area contributed by atoms with Crippen LogP contribution in [-0.4, -0.2) is 22.6 Å². The number of amides is 1. The minimum absolute atomic E-state index is 0.0112. The molecular weight excluding hydrogens is 246 g/mol. The van der Waals surface area contributed by atoms with E-state index in [2.05, 4.69) is 22.4 Å². The van der Waals surface area contributed by atoms with E-state index in [1.165, 1.54) is 4.88 Å². The second kappa shape index (κ2) is 6.35. The SMILES string of the molecule is CCCc1cc(C(=O)NCCc2cn[nH]c2)cs1. The predicted octanol–water partition coefficient (Wildman–Crippen LogP) is 2.40. The van der Waals surface area contributed by atoms with Crippen molar-refractivity contribution in [1.82, 2.24) is 15.5 Å². The highest BCUT2D eigenvalue weighted by Gasteiger charge is 2.07. The van der Waals surface area contributed by atoms with E-state index in [0.717, 1.165) is 30.4 Å². The Bertz CT molecular complexity index is 490. The zero-order valence-electron chi connectivity index (χ0n) is 10.4. The van der Waals surface area contributed by atoms with E-state index in [1.807, 2.05) is 17.6 Å². The van der Waals surface area contributed by atoms with E-state index in [1.54, 1.807) is 17.5 Å². The van der Waals surface area contributed by atoms with Gasteiger partial charge in [-0.2, -0.15) is 5.10 Å². The fourth-order valence-corrected chi connectivity index (χ4v) is 2.68. The summed E-state index contributed by atoms with van der Waals surface area (Å²) in [6, 6.07) is 1.99. The van der Waals surface area contributed by atoms with Crippen molar-refractivity contribution in [2.24, 2.45) is 0 Å². The Labute approximate surface area is 110 Å². The molecule has 4 nitrogen and oxygen atoms in total. The van der Waals surface area contributed by atoms with Crippen LogP contribution in [0.4, 0.5) is 0 Å². The topological polar surface area (TPSA) is 57.8 Å². The zero-order chi connectivity index (χ0) is 12.8. The van der Waals surface area contributed by atoms with Crippen molar-refractivity contribution < 1.29 is 4.79 Å². The molecule has 0 aliphatic rings. The van der Waals surface area contributed by atoms with Crippen LogP contribution in [0.2, 0.25) is 0 Å².